The van der Waals surface area contributed by atoms with Crippen molar-refractivity contribution < 1.29 is 9.53 Å². The highest BCUT2D eigenvalue weighted by Crippen LogP contribution is 2.23. The second-order valence-corrected chi connectivity index (χ2v) is 4.93. The summed E-state index contributed by atoms with van der Waals surface area (Å²) in [5, 5.41) is 0. The van der Waals surface area contributed by atoms with Gasteiger partial charge in [0, 0.05) is 6.54 Å². The zero-order valence-electron chi connectivity index (χ0n) is 11.2. The number of nitrogens with zero attached hydrogens (tertiary/aromatic N) is 1. The fourth-order valence-corrected chi connectivity index (χ4v) is 2.52. The Bertz CT molecular complexity index is 429. The first-order chi connectivity index (χ1) is 8.69. The number of esters is 1. The molecule has 0 aliphatic heterocycles. The summed E-state index contributed by atoms with van der Waals surface area (Å²) in [6.45, 7) is 3.43. The van der Waals surface area contributed by atoms with E-state index in [-0.39, 0.29) is 5.97 Å². The van der Waals surface area contributed by atoms with E-state index in [1.807, 2.05) is 18.9 Å². The van der Waals surface area contributed by atoms with Gasteiger partial charge < -0.3 is 4.74 Å². The van der Waals surface area contributed by atoms with Crippen LogP contribution in [0.3, 0.4) is 0 Å². The molecule has 0 atom stereocenters. The highest BCUT2D eigenvalue weighted by Gasteiger charge is 2.12. The zero-order valence-corrected chi connectivity index (χ0v) is 11.2. The van der Waals surface area contributed by atoms with Gasteiger partial charge >= 0.3 is 5.97 Å². The lowest BCUT2D eigenvalue weighted by molar-refractivity contribution is -0.144. The molecular weight excluding hydrogens is 226 g/mol. The van der Waals surface area contributed by atoms with Crippen molar-refractivity contribution in [2.45, 2.75) is 32.7 Å². The van der Waals surface area contributed by atoms with Gasteiger partial charge in [0.15, 0.2) is 0 Å². The van der Waals surface area contributed by atoms with Gasteiger partial charge in [-0.15, -0.1) is 0 Å². The van der Waals surface area contributed by atoms with Crippen LogP contribution in [-0.4, -0.2) is 31.1 Å². The molecule has 0 saturated carbocycles. The van der Waals surface area contributed by atoms with Gasteiger partial charge in [0.2, 0.25) is 0 Å². The minimum absolute atomic E-state index is 0.152. The molecule has 3 heteroatoms. The first kappa shape index (κ1) is 13.1. The van der Waals surface area contributed by atoms with Crippen molar-refractivity contribution in [1.82, 2.24) is 4.90 Å². The maximum Gasteiger partial charge on any atom is 0.320 e. The van der Waals surface area contributed by atoms with Gasteiger partial charge in [0.05, 0.1) is 13.2 Å². The molecule has 1 aromatic rings. The fourth-order valence-electron chi connectivity index (χ4n) is 2.52. The molecule has 1 aliphatic carbocycles. The van der Waals surface area contributed by atoms with E-state index in [1.54, 1.807) is 0 Å². The molecule has 1 aromatic carbocycles. The van der Waals surface area contributed by atoms with E-state index in [9.17, 15) is 4.79 Å². The van der Waals surface area contributed by atoms with Gasteiger partial charge in [0.1, 0.15) is 0 Å². The van der Waals surface area contributed by atoms with Crippen LogP contribution in [0.4, 0.5) is 0 Å². The Morgan fingerprint density at radius 2 is 2.11 bits per heavy atom. The van der Waals surface area contributed by atoms with Gasteiger partial charge in [-0.2, -0.15) is 0 Å². The molecule has 98 valence electrons. The molecule has 0 spiro atoms. The van der Waals surface area contributed by atoms with Crippen LogP contribution in [0.1, 0.15) is 30.0 Å². The van der Waals surface area contributed by atoms with E-state index < -0.39 is 0 Å². The van der Waals surface area contributed by atoms with Crippen molar-refractivity contribution in [3.8, 4) is 0 Å². The molecule has 0 saturated heterocycles. The molecule has 0 aromatic heterocycles. The SMILES string of the molecule is CCOC(=O)CN(C)Cc1ccc2c(c1)CCC2. The third-order valence-electron chi connectivity index (χ3n) is 3.32. The molecule has 2 rings (SSSR count). The first-order valence-corrected chi connectivity index (χ1v) is 6.64. The fraction of sp³-hybridized carbons (Fsp3) is 0.533. The largest absolute Gasteiger partial charge is 0.465 e. The number of ether oxygens (including phenoxy) is 1. The van der Waals surface area contributed by atoms with E-state index >= 15 is 0 Å². The van der Waals surface area contributed by atoms with Crippen LogP contribution < -0.4 is 0 Å². The molecule has 0 heterocycles. The van der Waals surface area contributed by atoms with Gasteiger partial charge in [0.25, 0.3) is 0 Å². The number of rotatable bonds is 5. The van der Waals surface area contributed by atoms with E-state index in [4.69, 9.17) is 4.74 Å². The first-order valence-electron chi connectivity index (χ1n) is 6.64. The molecule has 1 aliphatic rings. The third-order valence-corrected chi connectivity index (χ3v) is 3.32. The number of aryl methyl sites for hydroxylation is 2. The van der Waals surface area contributed by atoms with Crippen molar-refractivity contribution >= 4 is 5.97 Å². The summed E-state index contributed by atoms with van der Waals surface area (Å²) in [6.07, 6.45) is 3.69. The predicted molar refractivity (Wildman–Crippen MR) is 71.4 cm³/mol. The minimum atomic E-state index is -0.152. The Morgan fingerprint density at radius 1 is 1.33 bits per heavy atom. The van der Waals surface area contributed by atoms with E-state index in [1.165, 1.54) is 36.0 Å². The lowest BCUT2D eigenvalue weighted by Gasteiger charge is -2.16. The lowest BCUT2D eigenvalue weighted by atomic mass is 10.1. The van der Waals surface area contributed by atoms with Crippen molar-refractivity contribution in [3.05, 3.63) is 34.9 Å². The molecule has 18 heavy (non-hydrogen) atoms. The molecule has 0 unspecified atom stereocenters. The van der Waals surface area contributed by atoms with E-state index in [0.717, 1.165) is 6.54 Å². The van der Waals surface area contributed by atoms with Crippen LogP contribution in [0.25, 0.3) is 0 Å². The Kier molecular flexibility index (Phi) is 4.37. The summed E-state index contributed by atoms with van der Waals surface area (Å²) in [6, 6.07) is 6.69. The smallest absolute Gasteiger partial charge is 0.320 e. The molecule has 0 radical (unpaired) electrons. The number of benzene rings is 1. The number of hydrogen-bond donors (Lipinski definition) is 0. The number of carbonyl (C=O) groups excluding carboxylic acids is 1. The standard InChI is InChI=1S/C15H21NO2/c1-3-18-15(17)11-16(2)10-12-7-8-13-5-4-6-14(13)9-12/h7-9H,3-6,10-11H2,1-2H3. The van der Waals surface area contributed by atoms with Crippen molar-refractivity contribution in [2.75, 3.05) is 20.2 Å². The molecule has 0 fully saturated rings. The van der Waals surface area contributed by atoms with Crippen LogP contribution in [-0.2, 0) is 28.9 Å². The Hall–Kier alpha value is -1.35. The van der Waals surface area contributed by atoms with E-state index in [2.05, 4.69) is 18.2 Å². The predicted octanol–water partition coefficient (Wildman–Crippen LogP) is 2.17. The maximum atomic E-state index is 11.4. The summed E-state index contributed by atoms with van der Waals surface area (Å²) in [7, 11) is 1.95. The average Bonchev–Trinajstić information content (AvgIpc) is 2.76. The van der Waals surface area contributed by atoms with Gasteiger partial charge in [-0.3, -0.25) is 9.69 Å². The highest BCUT2D eigenvalue weighted by atomic mass is 16.5. The van der Waals surface area contributed by atoms with E-state index in [0.29, 0.717) is 13.2 Å². The molecule has 0 bridgehead atoms. The highest BCUT2D eigenvalue weighted by molar-refractivity contribution is 5.71. The molecule has 0 N–H and O–H groups in total. The number of hydrogen-bond acceptors (Lipinski definition) is 3. The molecular formula is C15H21NO2. The van der Waals surface area contributed by atoms with Crippen molar-refractivity contribution in [3.63, 3.8) is 0 Å². The van der Waals surface area contributed by atoms with Crippen LogP contribution in [0.2, 0.25) is 0 Å². The summed E-state index contributed by atoms with van der Waals surface area (Å²) in [4.78, 5) is 13.4. The Balaban J connectivity index is 1.91. The number of carbonyl (C=O) groups is 1. The Morgan fingerprint density at radius 3 is 2.89 bits per heavy atom. The Labute approximate surface area is 109 Å². The summed E-state index contributed by atoms with van der Waals surface area (Å²) in [5.41, 5.74) is 4.26. The van der Waals surface area contributed by atoms with Crippen molar-refractivity contribution in [2.24, 2.45) is 0 Å². The minimum Gasteiger partial charge on any atom is -0.465 e. The summed E-state index contributed by atoms with van der Waals surface area (Å²) in [5.74, 6) is -0.152. The van der Waals surface area contributed by atoms with Crippen LogP contribution in [0.15, 0.2) is 18.2 Å². The summed E-state index contributed by atoms with van der Waals surface area (Å²) < 4.78 is 4.94. The van der Waals surface area contributed by atoms with Gasteiger partial charge in [-0.25, -0.2) is 0 Å². The quantitative estimate of drug-likeness (QED) is 0.747. The van der Waals surface area contributed by atoms with Crippen LogP contribution in [0.5, 0.6) is 0 Å². The summed E-state index contributed by atoms with van der Waals surface area (Å²) >= 11 is 0. The van der Waals surface area contributed by atoms with Crippen LogP contribution in [0, 0.1) is 0 Å². The average molecular weight is 247 g/mol. The van der Waals surface area contributed by atoms with Gasteiger partial charge in [-0.1, -0.05) is 18.2 Å². The lowest BCUT2D eigenvalue weighted by Crippen LogP contribution is -2.27. The van der Waals surface area contributed by atoms with Crippen LogP contribution >= 0.6 is 0 Å². The monoisotopic (exact) mass is 247 g/mol. The third kappa shape index (κ3) is 3.33. The number of fused-ring (bicyclic) bond motifs is 1. The normalized spacial score (nSPS) is 13.7. The maximum absolute atomic E-state index is 11.4. The van der Waals surface area contributed by atoms with Gasteiger partial charge in [-0.05, 0) is 49.9 Å². The molecule has 0 amide bonds. The zero-order chi connectivity index (χ0) is 13.0. The second kappa shape index (κ2) is 6.01. The number of likely N-dealkylation sites (N-methyl/N-ethyl adjacent to an activating group) is 1. The van der Waals surface area contributed by atoms with Crippen molar-refractivity contribution in [1.29, 1.82) is 0 Å². The molecule has 3 nitrogen and oxygen atoms in total. The second-order valence-electron chi connectivity index (χ2n) is 4.93. The topological polar surface area (TPSA) is 29.5 Å².